The highest BCUT2D eigenvalue weighted by molar-refractivity contribution is 7.99. The molecule has 0 aromatic rings. The van der Waals surface area contributed by atoms with Crippen LogP contribution in [-0.2, 0) is 0 Å². The smallest absolute Gasteiger partial charge is 0.00710 e. The first-order valence-corrected chi connectivity index (χ1v) is 6.80. The van der Waals surface area contributed by atoms with Gasteiger partial charge in [0.15, 0.2) is 0 Å². The lowest BCUT2D eigenvalue weighted by Gasteiger charge is -2.21. The molecule has 1 aliphatic heterocycles. The third-order valence-corrected chi connectivity index (χ3v) is 2.96. The molecule has 0 saturated carbocycles. The summed E-state index contributed by atoms with van der Waals surface area (Å²) < 4.78 is 0. The largest absolute Gasteiger partial charge is 0.317 e. The van der Waals surface area contributed by atoms with Crippen LogP contribution in [0.3, 0.4) is 0 Å². The van der Waals surface area contributed by atoms with Gasteiger partial charge in [0.05, 0.1) is 0 Å². The van der Waals surface area contributed by atoms with Crippen molar-refractivity contribution in [1.29, 1.82) is 0 Å². The van der Waals surface area contributed by atoms with Crippen molar-refractivity contribution in [1.82, 2.24) is 5.32 Å². The molecule has 0 aliphatic carbocycles. The molecule has 82 valence electrons. The Bertz CT molecular complexity index is 67.7. The Morgan fingerprint density at radius 2 is 1.54 bits per heavy atom. The number of thioether (sulfide) groups is 1. The van der Waals surface area contributed by atoms with E-state index in [1.54, 1.807) is 0 Å². The van der Waals surface area contributed by atoms with Gasteiger partial charge in [-0.25, -0.2) is 0 Å². The lowest BCUT2D eigenvalue weighted by Crippen LogP contribution is -2.29. The van der Waals surface area contributed by atoms with E-state index < -0.39 is 0 Å². The molecule has 0 spiro atoms. The number of hydrogen-bond donors (Lipinski definition) is 1. The monoisotopic (exact) mass is 205 g/mol. The van der Waals surface area contributed by atoms with Crippen LogP contribution in [0.5, 0.6) is 0 Å². The summed E-state index contributed by atoms with van der Waals surface area (Å²) in [5.41, 5.74) is 0. The van der Waals surface area contributed by atoms with Gasteiger partial charge < -0.3 is 5.32 Å². The van der Waals surface area contributed by atoms with Crippen molar-refractivity contribution >= 4 is 11.8 Å². The van der Waals surface area contributed by atoms with Crippen LogP contribution in [0.15, 0.2) is 0 Å². The summed E-state index contributed by atoms with van der Waals surface area (Å²) in [5, 5.41) is 4.31. The van der Waals surface area contributed by atoms with Gasteiger partial charge in [-0.2, -0.15) is 11.8 Å². The quantitative estimate of drug-likeness (QED) is 0.740. The summed E-state index contributed by atoms with van der Waals surface area (Å²) in [6.45, 7) is 12.7. The molecular weight excluding hydrogens is 178 g/mol. The van der Waals surface area contributed by atoms with Gasteiger partial charge in [-0.3, -0.25) is 0 Å². The highest BCUT2D eigenvalue weighted by atomic mass is 32.2. The summed E-state index contributed by atoms with van der Waals surface area (Å²) in [5.74, 6) is 1.28. The molecule has 1 N–H and O–H groups in total. The molecule has 1 fully saturated rings. The van der Waals surface area contributed by atoms with Crippen molar-refractivity contribution in [2.45, 2.75) is 52.7 Å². The normalized spacial score (nSPS) is 16.4. The van der Waals surface area contributed by atoms with Crippen molar-refractivity contribution in [2.75, 3.05) is 18.8 Å². The first-order chi connectivity index (χ1) is 6.43. The fourth-order valence-electron chi connectivity index (χ4n) is 1.20. The number of rotatable bonds is 2. The molecule has 0 aromatic carbocycles. The van der Waals surface area contributed by atoms with E-state index in [1.807, 2.05) is 27.7 Å². The number of piperidine rings is 1. The second-order valence-electron chi connectivity index (χ2n) is 2.40. The first-order valence-electron chi connectivity index (χ1n) is 5.76. The van der Waals surface area contributed by atoms with Gasteiger partial charge in [0.2, 0.25) is 0 Å². The molecular formula is C11H27NS. The standard InChI is InChI=1S/C7H15NS.2C2H6/c1-2-9-7-3-5-8-6-4-7;2*1-2/h7-8H,2-6H2,1H3;2*1-2H3. The maximum atomic E-state index is 3.36. The second-order valence-corrected chi connectivity index (χ2v) is 3.98. The van der Waals surface area contributed by atoms with Crippen LogP contribution in [0.2, 0.25) is 0 Å². The molecule has 0 atom stereocenters. The summed E-state index contributed by atoms with van der Waals surface area (Å²) in [6, 6.07) is 0. The van der Waals surface area contributed by atoms with Gasteiger partial charge in [-0.1, -0.05) is 34.6 Å². The lowest BCUT2D eigenvalue weighted by atomic mass is 10.2. The van der Waals surface area contributed by atoms with Gasteiger partial charge in [0.1, 0.15) is 0 Å². The zero-order valence-electron chi connectivity index (χ0n) is 10.0. The van der Waals surface area contributed by atoms with E-state index in [0.29, 0.717) is 0 Å². The van der Waals surface area contributed by atoms with E-state index in [1.165, 1.54) is 31.7 Å². The van der Waals surface area contributed by atoms with Gasteiger partial charge in [-0.15, -0.1) is 0 Å². The van der Waals surface area contributed by atoms with Gasteiger partial charge in [-0.05, 0) is 31.7 Å². The van der Waals surface area contributed by atoms with Crippen molar-refractivity contribution in [3.05, 3.63) is 0 Å². The minimum atomic E-state index is 0.955. The fourth-order valence-corrected chi connectivity index (χ4v) is 2.24. The molecule has 13 heavy (non-hydrogen) atoms. The van der Waals surface area contributed by atoms with Crippen molar-refractivity contribution in [3.8, 4) is 0 Å². The second kappa shape index (κ2) is 14.8. The molecule has 0 amide bonds. The maximum absolute atomic E-state index is 3.36. The average molecular weight is 205 g/mol. The Labute approximate surface area is 89.1 Å². The highest BCUT2D eigenvalue weighted by Crippen LogP contribution is 2.18. The summed E-state index contributed by atoms with van der Waals surface area (Å²) in [6.07, 6.45) is 2.75. The Hall–Kier alpha value is 0.310. The fraction of sp³-hybridized carbons (Fsp3) is 1.00. The minimum absolute atomic E-state index is 0.955. The molecule has 0 radical (unpaired) electrons. The molecule has 2 heteroatoms. The van der Waals surface area contributed by atoms with Gasteiger partial charge >= 0.3 is 0 Å². The molecule has 0 bridgehead atoms. The molecule has 1 nitrogen and oxygen atoms in total. The van der Waals surface area contributed by atoms with Crippen LogP contribution in [-0.4, -0.2) is 24.1 Å². The zero-order valence-corrected chi connectivity index (χ0v) is 10.8. The van der Waals surface area contributed by atoms with E-state index >= 15 is 0 Å². The van der Waals surface area contributed by atoms with Crippen LogP contribution in [0.25, 0.3) is 0 Å². The Morgan fingerprint density at radius 3 is 1.92 bits per heavy atom. The molecule has 0 aromatic heterocycles. The third-order valence-electron chi connectivity index (χ3n) is 1.69. The van der Waals surface area contributed by atoms with Crippen LogP contribution in [0.4, 0.5) is 0 Å². The Kier molecular flexibility index (Phi) is 18.0. The first kappa shape index (κ1) is 15.8. The summed E-state index contributed by atoms with van der Waals surface area (Å²) in [7, 11) is 0. The predicted molar refractivity (Wildman–Crippen MR) is 66.7 cm³/mol. The van der Waals surface area contributed by atoms with Crippen LogP contribution >= 0.6 is 11.8 Å². The van der Waals surface area contributed by atoms with E-state index in [9.17, 15) is 0 Å². The average Bonchev–Trinajstić information content (AvgIpc) is 2.26. The van der Waals surface area contributed by atoms with Gasteiger partial charge in [0, 0.05) is 5.25 Å². The van der Waals surface area contributed by atoms with Crippen LogP contribution < -0.4 is 5.32 Å². The molecule has 1 heterocycles. The SMILES string of the molecule is CC.CC.CCSC1CCNCC1. The minimum Gasteiger partial charge on any atom is -0.317 e. The van der Waals surface area contributed by atoms with Crippen molar-refractivity contribution in [2.24, 2.45) is 0 Å². The topological polar surface area (TPSA) is 12.0 Å². The molecule has 1 aliphatic rings. The molecule has 1 rings (SSSR count). The summed E-state index contributed by atoms with van der Waals surface area (Å²) >= 11 is 2.11. The molecule has 0 unspecified atom stereocenters. The van der Waals surface area contributed by atoms with Crippen molar-refractivity contribution < 1.29 is 0 Å². The van der Waals surface area contributed by atoms with E-state index in [2.05, 4.69) is 24.0 Å². The van der Waals surface area contributed by atoms with E-state index in [0.717, 1.165) is 5.25 Å². The summed E-state index contributed by atoms with van der Waals surface area (Å²) in [4.78, 5) is 0. The van der Waals surface area contributed by atoms with Crippen molar-refractivity contribution in [3.63, 3.8) is 0 Å². The van der Waals surface area contributed by atoms with E-state index in [4.69, 9.17) is 0 Å². The zero-order chi connectivity index (χ0) is 10.5. The van der Waals surface area contributed by atoms with Crippen LogP contribution in [0.1, 0.15) is 47.5 Å². The Balaban J connectivity index is 0. The van der Waals surface area contributed by atoms with E-state index in [-0.39, 0.29) is 0 Å². The highest BCUT2D eigenvalue weighted by Gasteiger charge is 2.10. The Morgan fingerprint density at radius 1 is 1.08 bits per heavy atom. The third kappa shape index (κ3) is 10.2. The number of hydrogen-bond acceptors (Lipinski definition) is 2. The van der Waals surface area contributed by atoms with Gasteiger partial charge in [0.25, 0.3) is 0 Å². The maximum Gasteiger partial charge on any atom is 0.00710 e. The predicted octanol–water partition coefficient (Wildman–Crippen LogP) is 3.54. The molecule has 1 saturated heterocycles. The number of nitrogens with one attached hydrogen (secondary N) is 1. The lowest BCUT2D eigenvalue weighted by molar-refractivity contribution is 0.532. The van der Waals surface area contributed by atoms with Crippen LogP contribution in [0, 0.1) is 0 Å².